The van der Waals surface area contributed by atoms with Crippen LogP contribution in [0.15, 0.2) is 41.3 Å². The Kier molecular flexibility index (Phi) is 8.82. The van der Waals surface area contributed by atoms with Gasteiger partial charge in [-0.3, -0.25) is 9.69 Å². The number of anilines is 1. The number of aryl methyl sites for hydroxylation is 2. The summed E-state index contributed by atoms with van der Waals surface area (Å²) in [4.78, 5) is 23.4. The molecule has 4 rings (SSSR count). The Balaban J connectivity index is 0.00000289. The smallest absolute Gasteiger partial charge is 0.252 e. The molecule has 2 aromatic carbocycles. The third kappa shape index (κ3) is 5.57. The number of rotatable bonds is 7. The summed E-state index contributed by atoms with van der Waals surface area (Å²) in [6.45, 7) is 11.9. The van der Waals surface area contributed by atoms with Crippen molar-refractivity contribution in [3.63, 3.8) is 0 Å². The summed E-state index contributed by atoms with van der Waals surface area (Å²) in [5.74, 6) is 0.984. The second-order valence-electron chi connectivity index (χ2n) is 7.89. The van der Waals surface area contributed by atoms with E-state index in [9.17, 15) is 4.79 Å². The molecule has 3 aromatic rings. The summed E-state index contributed by atoms with van der Waals surface area (Å²) in [7, 11) is 0. The molecule has 32 heavy (non-hydrogen) atoms. The Morgan fingerprint density at radius 1 is 1.09 bits per heavy atom. The van der Waals surface area contributed by atoms with Gasteiger partial charge in [-0.1, -0.05) is 42.5 Å². The van der Waals surface area contributed by atoms with Crippen LogP contribution in [0.4, 0.5) is 5.13 Å². The second-order valence-corrected chi connectivity index (χ2v) is 10.2. The number of carbonyl (C=O) groups excluding carboxylic acids is 1. The Bertz CT molecular complexity index is 1020. The van der Waals surface area contributed by atoms with Gasteiger partial charge in [-0.25, -0.2) is 4.98 Å². The molecule has 1 fully saturated rings. The van der Waals surface area contributed by atoms with Crippen molar-refractivity contribution >= 4 is 56.8 Å². The van der Waals surface area contributed by atoms with E-state index in [-0.39, 0.29) is 18.3 Å². The van der Waals surface area contributed by atoms with E-state index in [1.54, 1.807) is 11.8 Å². The Hall–Kier alpha value is -1.80. The number of carbonyl (C=O) groups is 1. The lowest BCUT2D eigenvalue weighted by Gasteiger charge is -2.34. The van der Waals surface area contributed by atoms with E-state index in [1.807, 2.05) is 35.6 Å². The molecule has 172 valence electrons. The molecule has 1 saturated heterocycles. The predicted molar refractivity (Wildman–Crippen MR) is 140 cm³/mol. The van der Waals surface area contributed by atoms with Crippen molar-refractivity contribution in [2.24, 2.45) is 0 Å². The molecule has 0 bridgehead atoms. The first kappa shape index (κ1) is 24.8. The molecule has 0 saturated carbocycles. The van der Waals surface area contributed by atoms with Gasteiger partial charge in [0.25, 0.3) is 5.91 Å². The molecular formula is C24H31ClN4OS2. The maximum atomic E-state index is 12.6. The van der Waals surface area contributed by atoms with Crippen molar-refractivity contribution in [2.45, 2.75) is 25.7 Å². The average molecular weight is 491 g/mol. The van der Waals surface area contributed by atoms with Crippen molar-refractivity contribution in [1.29, 1.82) is 0 Å². The van der Waals surface area contributed by atoms with Gasteiger partial charge in [0.15, 0.2) is 5.13 Å². The van der Waals surface area contributed by atoms with Crippen LogP contribution in [-0.2, 0) is 0 Å². The SMILES string of the molecule is CCSc1ccccc1C(=O)NCCN1CCN(c2nc3c(C)ccc(C)c3s2)CC1.Cl. The molecule has 1 amide bonds. The van der Waals surface area contributed by atoms with Crippen LogP contribution in [0.5, 0.6) is 0 Å². The molecule has 1 aromatic heterocycles. The van der Waals surface area contributed by atoms with E-state index in [2.05, 4.69) is 48.0 Å². The zero-order chi connectivity index (χ0) is 21.8. The number of hydrogen-bond donors (Lipinski definition) is 1. The number of halogens is 1. The van der Waals surface area contributed by atoms with Crippen molar-refractivity contribution in [2.75, 3.05) is 49.9 Å². The number of thiazole rings is 1. The molecule has 1 aliphatic rings. The summed E-state index contributed by atoms with van der Waals surface area (Å²) in [5.41, 5.74) is 4.47. The van der Waals surface area contributed by atoms with Gasteiger partial charge in [-0.15, -0.1) is 24.2 Å². The summed E-state index contributed by atoms with van der Waals surface area (Å²) in [6, 6.07) is 12.2. The number of benzene rings is 2. The highest BCUT2D eigenvalue weighted by Crippen LogP contribution is 2.33. The van der Waals surface area contributed by atoms with Crippen LogP contribution in [0.1, 0.15) is 28.4 Å². The minimum Gasteiger partial charge on any atom is -0.351 e. The van der Waals surface area contributed by atoms with Crippen LogP contribution in [0.25, 0.3) is 10.2 Å². The topological polar surface area (TPSA) is 48.5 Å². The van der Waals surface area contributed by atoms with E-state index in [0.717, 1.165) is 59.6 Å². The number of fused-ring (bicyclic) bond motifs is 1. The number of nitrogens with one attached hydrogen (secondary N) is 1. The molecule has 8 heteroatoms. The van der Waals surface area contributed by atoms with E-state index < -0.39 is 0 Å². The van der Waals surface area contributed by atoms with Crippen molar-refractivity contribution in [3.8, 4) is 0 Å². The first-order valence-electron chi connectivity index (χ1n) is 10.9. The molecule has 0 aliphatic carbocycles. The monoisotopic (exact) mass is 490 g/mol. The molecular weight excluding hydrogens is 460 g/mol. The Labute approximate surface area is 205 Å². The zero-order valence-corrected chi connectivity index (χ0v) is 21.3. The summed E-state index contributed by atoms with van der Waals surface area (Å²) >= 11 is 3.52. The summed E-state index contributed by atoms with van der Waals surface area (Å²) < 4.78 is 1.31. The van der Waals surface area contributed by atoms with Crippen LogP contribution in [0, 0.1) is 13.8 Å². The molecule has 0 radical (unpaired) electrons. The average Bonchev–Trinajstić information content (AvgIpc) is 3.24. The lowest BCUT2D eigenvalue weighted by molar-refractivity contribution is 0.0945. The van der Waals surface area contributed by atoms with Gasteiger partial charge < -0.3 is 10.2 Å². The number of nitrogens with zero attached hydrogens (tertiary/aromatic N) is 3. The van der Waals surface area contributed by atoms with Crippen LogP contribution in [0.3, 0.4) is 0 Å². The van der Waals surface area contributed by atoms with Gasteiger partial charge in [0.2, 0.25) is 0 Å². The first-order chi connectivity index (χ1) is 15.1. The molecule has 5 nitrogen and oxygen atoms in total. The number of thioether (sulfide) groups is 1. The minimum atomic E-state index is 0. The maximum absolute atomic E-state index is 12.6. The lowest BCUT2D eigenvalue weighted by atomic mass is 10.1. The van der Waals surface area contributed by atoms with Gasteiger partial charge in [-0.05, 0) is 42.9 Å². The van der Waals surface area contributed by atoms with Crippen molar-refractivity contribution in [1.82, 2.24) is 15.2 Å². The molecule has 2 heterocycles. The third-order valence-electron chi connectivity index (χ3n) is 5.72. The quantitative estimate of drug-likeness (QED) is 0.472. The van der Waals surface area contributed by atoms with Crippen molar-refractivity contribution in [3.05, 3.63) is 53.1 Å². The van der Waals surface area contributed by atoms with Gasteiger partial charge in [0, 0.05) is 44.2 Å². The van der Waals surface area contributed by atoms with Crippen LogP contribution >= 0.6 is 35.5 Å². The highest BCUT2D eigenvalue weighted by atomic mass is 35.5. The zero-order valence-electron chi connectivity index (χ0n) is 18.9. The van der Waals surface area contributed by atoms with Gasteiger partial charge in [-0.2, -0.15) is 0 Å². The number of hydrogen-bond acceptors (Lipinski definition) is 6. The van der Waals surface area contributed by atoms with E-state index in [4.69, 9.17) is 4.98 Å². The molecule has 0 unspecified atom stereocenters. The van der Waals surface area contributed by atoms with Crippen LogP contribution in [0.2, 0.25) is 0 Å². The van der Waals surface area contributed by atoms with E-state index in [0.29, 0.717) is 6.54 Å². The highest BCUT2D eigenvalue weighted by molar-refractivity contribution is 7.99. The molecule has 0 atom stereocenters. The molecule has 0 spiro atoms. The van der Waals surface area contributed by atoms with Crippen molar-refractivity contribution < 1.29 is 4.79 Å². The first-order valence-corrected chi connectivity index (χ1v) is 12.7. The maximum Gasteiger partial charge on any atom is 0.252 e. The fraction of sp³-hybridized carbons (Fsp3) is 0.417. The fourth-order valence-electron chi connectivity index (χ4n) is 3.90. The van der Waals surface area contributed by atoms with E-state index in [1.165, 1.54) is 15.8 Å². The van der Waals surface area contributed by atoms with Gasteiger partial charge in [0.05, 0.1) is 15.8 Å². The number of piperazine rings is 1. The van der Waals surface area contributed by atoms with Gasteiger partial charge >= 0.3 is 0 Å². The molecule has 1 aliphatic heterocycles. The predicted octanol–water partition coefficient (Wildman–Crippen LogP) is 5.00. The normalized spacial score (nSPS) is 14.4. The van der Waals surface area contributed by atoms with Gasteiger partial charge in [0.1, 0.15) is 0 Å². The minimum absolute atomic E-state index is 0. The van der Waals surface area contributed by atoms with Crippen LogP contribution < -0.4 is 10.2 Å². The van der Waals surface area contributed by atoms with Crippen LogP contribution in [-0.4, -0.2) is 60.8 Å². The highest BCUT2D eigenvalue weighted by Gasteiger charge is 2.21. The lowest BCUT2D eigenvalue weighted by Crippen LogP contribution is -2.48. The third-order valence-corrected chi connectivity index (χ3v) is 7.93. The summed E-state index contributed by atoms with van der Waals surface area (Å²) in [5, 5.41) is 4.23. The largest absolute Gasteiger partial charge is 0.351 e. The van der Waals surface area contributed by atoms with E-state index >= 15 is 0 Å². The molecule has 1 N–H and O–H groups in total. The number of aromatic nitrogens is 1. The number of amides is 1. The Morgan fingerprint density at radius 2 is 1.81 bits per heavy atom. The second kappa shape index (κ2) is 11.4. The fourth-order valence-corrected chi connectivity index (χ4v) is 5.87. The Morgan fingerprint density at radius 3 is 2.53 bits per heavy atom. The summed E-state index contributed by atoms with van der Waals surface area (Å²) in [6.07, 6.45) is 0. The standard InChI is InChI=1S/C24H30N4OS2.ClH/c1-4-30-20-8-6-5-7-19(20)23(29)25-11-12-27-13-15-28(16-14-27)24-26-21-17(2)9-10-18(3)22(21)31-24;/h5-10H,4,11-16H2,1-3H3,(H,25,29);1H.